The van der Waals surface area contributed by atoms with Gasteiger partial charge < -0.3 is 4.90 Å². The van der Waals surface area contributed by atoms with Crippen LogP contribution in [0.3, 0.4) is 0 Å². The monoisotopic (exact) mass is 326 g/mol. The van der Waals surface area contributed by atoms with Crippen molar-refractivity contribution in [3.63, 3.8) is 0 Å². The highest BCUT2D eigenvalue weighted by Gasteiger charge is 2.22. The Labute approximate surface area is 133 Å². The fraction of sp³-hybridized carbons (Fsp3) is 0.562. The fourth-order valence-corrected chi connectivity index (χ4v) is 3.88. The lowest BCUT2D eigenvalue weighted by atomic mass is 10.2. The molecule has 0 fully saturated rings. The molecule has 124 valence electrons. The molecule has 1 N–H and O–H groups in total. The van der Waals surface area contributed by atoms with Crippen LogP contribution in [0.1, 0.15) is 50.9 Å². The number of rotatable bonds is 8. The number of anilines is 1. The molecule has 0 aliphatic carbocycles. The first-order valence-corrected chi connectivity index (χ1v) is 9.35. The molecule has 1 rings (SSSR count). The van der Waals surface area contributed by atoms with Gasteiger partial charge in [0.1, 0.15) is 0 Å². The second-order valence-electron chi connectivity index (χ2n) is 5.14. The van der Waals surface area contributed by atoms with Crippen LogP contribution in [0.4, 0.5) is 5.69 Å². The van der Waals surface area contributed by atoms with Crippen molar-refractivity contribution in [3.05, 3.63) is 29.8 Å². The third-order valence-electron chi connectivity index (χ3n) is 3.77. The number of sulfonamides is 1. The zero-order valence-corrected chi connectivity index (χ0v) is 14.6. The molecule has 1 aromatic carbocycles. The Hall–Kier alpha value is -1.56. The van der Waals surface area contributed by atoms with Crippen LogP contribution in [0, 0.1) is 0 Å². The van der Waals surface area contributed by atoms with Crippen molar-refractivity contribution in [1.29, 1.82) is 0 Å². The lowest BCUT2D eigenvalue weighted by Gasteiger charge is -2.19. The van der Waals surface area contributed by atoms with Gasteiger partial charge in [0.25, 0.3) is 5.91 Å². The van der Waals surface area contributed by atoms with Crippen molar-refractivity contribution >= 4 is 21.6 Å². The Morgan fingerprint density at radius 2 is 1.73 bits per heavy atom. The topological polar surface area (TPSA) is 66.5 Å². The van der Waals surface area contributed by atoms with E-state index in [9.17, 15) is 13.2 Å². The zero-order chi connectivity index (χ0) is 16.8. The van der Waals surface area contributed by atoms with E-state index in [2.05, 4.69) is 4.72 Å². The van der Waals surface area contributed by atoms with Crippen LogP contribution < -0.4 is 4.72 Å². The first-order valence-electron chi connectivity index (χ1n) is 7.80. The van der Waals surface area contributed by atoms with Crippen LogP contribution in [0.2, 0.25) is 0 Å². The lowest BCUT2D eigenvalue weighted by molar-refractivity contribution is 0.0773. The summed E-state index contributed by atoms with van der Waals surface area (Å²) in [4.78, 5) is 14.0. The number of benzene rings is 1. The van der Waals surface area contributed by atoms with E-state index in [4.69, 9.17) is 0 Å². The highest BCUT2D eigenvalue weighted by atomic mass is 32.2. The van der Waals surface area contributed by atoms with E-state index in [-0.39, 0.29) is 5.91 Å². The SMILES string of the molecule is CCC(CC)S(=O)(=O)Nc1cccc(C(=O)N(CC)CC)c1. The van der Waals surface area contributed by atoms with Gasteiger partial charge in [-0.25, -0.2) is 8.42 Å². The molecule has 0 aliphatic heterocycles. The largest absolute Gasteiger partial charge is 0.339 e. The number of hydrogen-bond donors (Lipinski definition) is 1. The lowest BCUT2D eigenvalue weighted by Crippen LogP contribution is -2.30. The van der Waals surface area contributed by atoms with Crippen LogP contribution in [-0.2, 0) is 10.0 Å². The summed E-state index contributed by atoms with van der Waals surface area (Å²) < 4.78 is 27.2. The first-order chi connectivity index (χ1) is 10.4. The predicted octanol–water partition coefficient (Wildman–Crippen LogP) is 3.10. The molecule has 5 nitrogen and oxygen atoms in total. The van der Waals surface area contributed by atoms with Crippen molar-refractivity contribution in [1.82, 2.24) is 4.90 Å². The van der Waals surface area contributed by atoms with E-state index in [1.165, 1.54) is 0 Å². The normalized spacial score (nSPS) is 11.5. The molecule has 0 bridgehead atoms. The van der Waals surface area contributed by atoms with Crippen molar-refractivity contribution < 1.29 is 13.2 Å². The summed E-state index contributed by atoms with van der Waals surface area (Å²) >= 11 is 0. The number of carbonyl (C=O) groups excluding carboxylic acids is 1. The molecule has 0 radical (unpaired) electrons. The van der Waals surface area contributed by atoms with Gasteiger partial charge in [0.05, 0.1) is 5.25 Å². The van der Waals surface area contributed by atoms with Gasteiger partial charge in [-0.15, -0.1) is 0 Å². The molecule has 1 aromatic rings. The predicted molar refractivity (Wildman–Crippen MR) is 90.6 cm³/mol. The Morgan fingerprint density at radius 1 is 1.14 bits per heavy atom. The molecule has 22 heavy (non-hydrogen) atoms. The van der Waals surface area contributed by atoms with E-state index < -0.39 is 15.3 Å². The first kappa shape index (κ1) is 18.5. The van der Waals surface area contributed by atoms with Gasteiger partial charge in [-0.2, -0.15) is 0 Å². The molecular weight excluding hydrogens is 300 g/mol. The molecule has 0 unspecified atom stereocenters. The molecule has 0 aliphatic rings. The molecule has 0 spiro atoms. The quantitative estimate of drug-likeness (QED) is 0.798. The second kappa shape index (κ2) is 8.17. The van der Waals surface area contributed by atoms with Crippen LogP contribution in [0.15, 0.2) is 24.3 Å². The van der Waals surface area contributed by atoms with Crippen LogP contribution in [0.5, 0.6) is 0 Å². The molecular formula is C16H26N2O3S. The maximum atomic E-state index is 12.3. The summed E-state index contributed by atoms with van der Waals surface area (Å²) in [5.41, 5.74) is 0.929. The fourth-order valence-electron chi connectivity index (χ4n) is 2.38. The molecule has 0 atom stereocenters. The van der Waals surface area contributed by atoms with Gasteiger partial charge in [-0.1, -0.05) is 19.9 Å². The Balaban J connectivity index is 3.00. The van der Waals surface area contributed by atoms with Gasteiger partial charge in [0.2, 0.25) is 10.0 Å². The Kier molecular flexibility index (Phi) is 6.87. The summed E-state index contributed by atoms with van der Waals surface area (Å²) in [5, 5.41) is -0.422. The highest BCUT2D eigenvalue weighted by Crippen LogP contribution is 2.18. The van der Waals surface area contributed by atoms with Crippen molar-refractivity contribution in [2.75, 3.05) is 17.8 Å². The van der Waals surface area contributed by atoms with E-state index in [0.29, 0.717) is 37.2 Å². The third-order valence-corrected chi connectivity index (χ3v) is 5.83. The minimum absolute atomic E-state index is 0.0893. The standard InChI is InChI=1S/C16H26N2O3S/c1-5-15(6-2)22(20,21)17-14-11-9-10-13(12-14)16(19)18(7-3)8-4/h9-12,15,17H,5-8H2,1-4H3. The molecule has 0 saturated heterocycles. The number of carbonyl (C=O) groups is 1. The molecule has 6 heteroatoms. The number of nitrogens with zero attached hydrogens (tertiary/aromatic N) is 1. The van der Waals surface area contributed by atoms with E-state index in [0.717, 1.165) is 0 Å². The second-order valence-corrected chi connectivity index (χ2v) is 7.10. The van der Waals surface area contributed by atoms with Crippen LogP contribution in [-0.4, -0.2) is 37.6 Å². The maximum Gasteiger partial charge on any atom is 0.253 e. The van der Waals surface area contributed by atoms with E-state index >= 15 is 0 Å². The van der Waals surface area contributed by atoms with Gasteiger partial charge >= 0.3 is 0 Å². The smallest absolute Gasteiger partial charge is 0.253 e. The summed E-state index contributed by atoms with van der Waals surface area (Å²) in [6.45, 7) is 8.79. The van der Waals surface area contributed by atoms with Crippen molar-refractivity contribution in [2.45, 2.75) is 45.8 Å². The van der Waals surface area contributed by atoms with Crippen molar-refractivity contribution in [3.8, 4) is 0 Å². The van der Waals surface area contributed by atoms with Gasteiger partial charge in [-0.3, -0.25) is 9.52 Å². The minimum Gasteiger partial charge on any atom is -0.339 e. The molecule has 0 aromatic heterocycles. The average molecular weight is 326 g/mol. The summed E-state index contributed by atoms with van der Waals surface area (Å²) in [6, 6.07) is 6.66. The molecule has 1 amide bonds. The van der Waals surface area contributed by atoms with Crippen molar-refractivity contribution in [2.24, 2.45) is 0 Å². The zero-order valence-electron chi connectivity index (χ0n) is 13.8. The molecule has 0 heterocycles. The summed E-state index contributed by atoms with van der Waals surface area (Å²) in [7, 11) is -3.42. The minimum atomic E-state index is -3.42. The van der Waals surface area contributed by atoms with Crippen LogP contribution in [0.25, 0.3) is 0 Å². The Morgan fingerprint density at radius 3 is 2.23 bits per heavy atom. The third kappa shape index (κ3) is 4.47. The van der Waals surface area contributed by atoms with Gasteiger partial charge in [-0.05, 0) is 44.9 Å². The van der Waals surface area contributed by atoms with Gasteiger partial charge in [0, 0.05) is 24.3 Å². The number of nitrogens with one attached hydrogen (secondary N) is 1. The maximum absolute atomic E-state index is 12.3. The Bertz CT molecular complexity index is 591. The average Bonchev–Trinajstić information content (AvgIpc) is 2.49. The highest BCUT2D eigenvalue weighted by molar-refractivity contribution is 7.93. The summed E-state index contributed by atoms with van der Waals surface area (Å²) in [6.07, 6.45) is 1.12. The van der Waals surface area contributed by atoms with E-state index in [1.54, 1.807) is 29.2 Å². The summed E-state index contributed by atoms with van der Waals surface area (Å²) in [5.74, 6) is -0.0893. The number of hydrogen-bond acceptors (Lipinski definition) is 3. The molecule has 0 saturated carbocycles. The number of amides is 1. The van der Waals surface area contributed by atoms with Gasteiger partial charge in [0.15, 0.2) is 0 Å². The van der Waals surface area contributed by atoms with Crippen LogP contribution >= 0.6 is 0 Å². The van der Waals surface area contributed by atoms with E-state index in [1.807, 2.05) is 27.7 Å².